The molecule has 0 amide bonds. The summed E-state index contributed by atoms with van der Waals surface area (Å²) >= 11 is 0. The van der Waals surface area contributed by atoms with Crippen molar-refractivity contribution in [2.24, 2.45) is 0 Å². The summed E-state index contributed by atoms with van der Waals surface area (Å²) in [6.07, 6.45) is 1.90. The van der Waals surface area contributed by atoms with Crippen LogP contribution in [0.2, 0.25) is 0 Å². The van der Waals surface area contributed by atoms with E-state index in [2.05, 4.69) is 25.2 Å². The first-order chi connectivity index (χ1) is 16.7. The lowest BCUT2D eigenvalue weighted by molar-refractivity contribution is -0.137. The van der Waals surface area contributed by atoms with E-state index in [0.29, 0.717) is 37.2 Å². The number of likely N-dealkylation sites (N-methyl/N-ethyl adjacent to an activating group) is 1. The molecular weight excluding hydrogens is 461 g/mol. The zero-order valence-electron chi connectivity index (χ0n) is 19.3. The number of nitrogens with two attached hydrogens (primary N) is 1. The van der Waals surface area contributed by atoms with Crippen molar-refractivity contribution in [3.8, 4) is 0 Å². The molecule has 35 heavy (non-hydrogen) atoms. The van der Waals surface area contributed by atoms with Crippen LogP contribution in [0.15, 0.2) is 29.3 Å². The van der Waals surface area contributed by atoms with Crippen LogP contribution in [0.1, 0.15) is 37.3 Å². The Bertz CT molecular complexity index is 1290. The van der Waals surface area contributed by atoms with Gasteiger partial charge in [0, 0.05) is 43.8 Å². The molecule has 0 unspecified atom stereocenters. The molecule has 3 N–H and O–H groups in total. The first-order valence-corrected chi connectivity index (χ1v) is 11.7. The summed E-state index contributed by atoms with van der Waals surface area (Å²) in [5, 5.41) is 3.38. The number of anilines is 4. The summed E-state index contributed by atoms with van der Waals surface area (Å²) < 4.78 is 43.4. The lowest BCUT2D eigenvalue weighted by Crippen LogP contribution is -2.45. The zero-order valence-corrected chi connectivity index (χ0v) is 19.3. The number of fused-ring (bicyclic) bond motifs is 1. The van der Waals surface area contributed by atoms with E-state index in [0.717, 1.165) is 31.7 Å². The second kappa shape index (κ2) is 8.99. The molecule has 1 aliphatic heterocycles. The van der Waals surface area contributed by atoms with E-state index in [1.54, 1.807) is 9.47 Å². The van der Waals surface area contributed by atoms with Crippen LogP contribution in [0.4, 0.5) is 36.3 Å². The number of hydrogen-bond acceptors (Lipinski definition) is 8. The van der Waals surface area contributed by atoms with Crippen LogP contribution in [0.25, 0.3) is 11.0 Å². The molecule has 0 radical (unpaired) electrons. The Morgan fingerprint density at radius 2 is 1.77 bits per heavy atom. The fourth-order valence-corrected chi connectivity index (χ4v) is 4.86. The molecular formula is C23H27F3N8O. The summed E-state index contributed by atoms with van der Waals surface area (Å²) in [6, 6.07) is 2.49. The number of nitrogen functional groups attached to an aromatic ring is 1. The lowest BCUT2D eigenvalue weighted by atomic mass is 10.1. The summed E-state index contributed by atoms with van der Waals surface area (Å²) in [4.78, 5) is 29.5. The van der Waals surface area contributed by atoms with Crippen LogP contribution < -0.4 is 21.5 Å². The number of pyridine rings is 2. The van der Waals surface area contributed by atoms with Crippen LogP contribution >= 0.6 is 0 Å². The Balaban J connectivity index is 1.50. The van der Waals surface area contributed by atoms with Crippen LogP contribution in [-0.2, 0) is 6.18 Å². The minimum absolute atomic E-state index is 0.0194. The highest BCUT2D eigenvalue weighted by Crippen LogP contribution is 2.38. The van der Waals surface area contributed by atoms with Gasteiger partial charge in [0.15, 0.2) is 0 Å². The van der Waals surface area contributed by atoms with Crippen molar-refractivity contribution in [1.82, 2.24) is 24.4 Å². The van der Waals surface area contributed by atoms with E-state index < -0.39 is 11.7 Å². The van der Waals surface area contributed by atoms with Gasteiger partial charge in [-0.15, -0.1) is 0 Å². The number of halogens is 3. The van der Waals surface area contributed by atoms with Gasteiger partial charge >= 0.3 is 6.18 Å². The van der Waals surface area contributed by atoms with E-state index in [1.165, 1.54) is 18.5 Å². The second-order valence-corrected chi connectivity index (χ2v) is 9.19. The Morgan fingerprint density at radius 3 is 2.46 bits per heavy atom. The van der Waals surface area contributed by atoms with Crippen LogP contribution in [-0.4, -0.2) is 57.6 Å². The molecule has 0 spiro atoms. The van der Waals surface area contributed by atoms with Crippen LogP contribution in [0.3, 0.4) is 0 Å². The lowest BCUT2D eigenvalue weighted by Gasteiger charge is -2.35. The first-order valence-electron chi connectivity index (χ1n) is 11.7. The molecule has 3 aromatic rings. The van der Waals surface area contributed by atoms with Gasteiger partial charge in [-0.3, -0.25) is 9.36 Å². The SMILES string of the molecule is CN1CCN(c2cnc(Nc3ncc4cc(N)c(=O)n(C5CCCC5)c4n3)cc2C(F)(F)F)CC1. The van der Waals surface area contributed by atoms with Crippen molar-refractivity contribution in [1.29, 1.82) is 0 Å². The van der Waals surface area contributed by atoms with Crippen molar-refractivity contribution in [3.63, 3.8) is 0 Å². The molecule has 4 heterocycles. The molecule has 0 aromatic carbocycles. The maximum atomic E-state index is 13.9. The largest absolute Gasteiger partial charge is 0.418 e. The van der Waals surface area contributed by atoms with Gasteiger partial charge in [0.1, 0.15) is 11.5 Å². The fraction of sp³-hybridized carbons (Fsp3) is 0.478. The predicted octanol–water partition coefficient (Wildman–Crippen LogP) is 3.40. The average molecular weight is 489 g/mol. The molecule has 1 saturated heterocycles. The number of aromatic nitrogens is 4. The average Bonchev–Trinajstić information content (AvgIpc) is 3.35. The summed E-state index contributed by atoms with van der Waals surface area (Å²) in [6.45, 7) is 2.33. The Morgan fingerprint density at radius 1 is 1.06 bits per heavy atom. The second-order valence-electron chi connectivity index (χ2n) is 9.19. The van der Waals surface area contributed by atoms with Gasteiger partial charge in [-0.05, 0) is 32.0 Å². The minimum Gasteiger partial charge on any atom is -0.394 e. The molecule has 186 valence electrons. The Kier molecular flexibility index (Phi) is 5.99. The van der Waals surface area contributed by atoms with Crippen molar-refractivity contribution in [3.05, 3.63) is 40.4 Å². The number of piperazine rings is 1. The molecule has 0 atom stereocenters. The molecule has 0 bridgehead atoms. The molecule has 1 saturated carbocycles. The molecule has 1 aliphatic carbocycles. The highest BCUT2D eigenvalue weighted by atomic mass is 19.4. The molecule has 12 heteroatoms. The Labute approximate surface area is 199 Å². The van der Waals surface area contributed by atoms with Crippen LogP contribution in [0, 0.1) is 0 Å². The van der Waals surface area contributed by atoms with Crippen molar-refractivity contribution in [2.75, 3.05) is 49.2 Å². The van der Waals surface area contributed by atoms with E-state index in [9.17, 15) is 18.0 Å². The van der Waals surface area contributed by atoms with E-state index in [-0.39, 0.29) is 34.7 Å². The monoisotopic (exact) mass is 488 g/mol. The van der Waals surface area contributed by atoms with Crippen molar-refractivity contribution >= 4 is 34.2 Å². The zero-order chi connectivity index (χ0) is 24.7. The highest BCUT2D eigenvalue weighted by Gasteiger charge is 2.36. The maximum absolute atomic E-state index is 13.9. The van der Waals surface area contributed by atoms with Crippen LogP contribution in [0.5, 0.6) is 0 Å². The third-order valence-corrected chi connectivity index (χ3v) is 6.76. The number of nitrogens with zero attached hydrogens (tertiary/aromatic N) is 6. The fourth-order valence-electron chi connectivity index (χ4n) is 4.86. The number of hydrogen-bond donors (Lipinski definition) is 2. The predicted molar refractivity (Wildman–Crippen MR) is 128 cm³/mol. The number of rotatable bonds is 4. The molecule has 2 aliphatic rings. The summed E-state index contributed by atoms with van der Waals surface area (Å²) in [7, 11) is 1.94. The van der Waals surface area contributed by atoms with Crippen molar-refractivity contribution < 1.29 is 13.2 Å². The van der Waals surface area contributed by atoms with Gasteiger partial charge in [0.05, 0.1) is 23.1 Å². The third kappa shape index (κ3) is 4.62. The summed E-state index contributed by atoms with van der Waals surface area (Å²) in [5.41, 5.74) is 5.42. The molecule has 5 rings (SSSR count). The summed E-state index contributed by atoms with van der Waals surface area (Å²) in [5.74, 6) is 0.0288. The van der Waals surface area contributed by atoms with E-state index in [4.69, 9.17) is 5.73 Å². The van der Waals surface area contributed by atoms with Crippen molar-refractivity contribution in [2.45, 2.75) is 37.9 Å². The van der Waals surface area contributed by atoms with E-state index in [1.807, 2.05) is 7.05 Å². The van der Waals surface area contributed by atoms with Gasteiger partial charge in [0.2, 0.25) is 5.95 Å². The molecule has 9 nitrogen and oxygen atoms in total. The topological polar surface area (TPSA) is 105 Å². The third-order valence-electron chi connectivity index (χ3n) is 6.76. The smallest absolute Gasteiger partial charge is 0.394 e. The first kappa shape index (κ1) is 23.3. The van der Waals surface area contributed by atoms with Gasteiger partial charge in [-0.1, -0.05) is 12.8 Å². The van der Waals surface area contributed by atoms with E-state index >= 15 is 0 Å². The van der Waals surface area contributed by atoms with Gasteiger partial charge in [-0.2, -0.15) is 18.2 Å². The maximum Gasteiger partial charge on any atom is 0.418 e. The normalized spacial score (nSPS) is 17.9. The van der Waals surface area contributed by atoms with Gasteiger partial charge in [-0.25, -0.2) is 9.97 Å². The number of nitrogens with one attached hydrogen (secondary N) is 1. The van der Waals surface area contributed by atoms with Gasteiger partial charge in [0.25, 0.3) is 5.56 Å². The Hall–Kier alpha value is -3.41. The molecule has 3 aromatic heterocycles. The minimum atomic E-state index is -4.55. The molecule has 2 fully saturated rings. The number of alkyl halides is 3. The highest BCUT2D eigenvalue weighted by molar-refractivity contribution is 5.79. The quantitative estimate of drug-likeness (QED) is 0.576. The van der Waals surface area contributed by atoms with Gasteiger partial charge < -0.3 is 20.9 Å². The standard InChI is InChI=1S/C23H27F3N8O/c1-32-6-8-33(9-7-32)18-13-28-19(11-16(18)23(24,25)26)30-22-29-12-14-10-17(27)21(35)34(20(14)31-22)15-4-2-3-5-15/h10-13,15H,2-9,27H2,1H3,(H,28,29,30,31).